The number of carbonyl (C=O) groups excluding carboxylic acids is 1. The van der Waals surface area contributed by atoms with Crippen molar-refractivity contribution in [2.75, 3.05) is 6.61 Å². The van der Waals surface area contributed by atoms with E-state index in [-0.39, 0.29) is 23.1 Å². The maximum Gasteiger partial charge on any atom is 0.268 e. The highest BCUT2D eigenvalue weighted by atomic mass is 32.2. The van der Waals surface area contributed by atoms with Crippen molar-refractivity contribution in [2.24, 2.45) is 0 Å². The fourth-order valence-corrected chi connectivity index (χ4v) is 5.97. The van der Waals surface area contributed by atoms with Crippen LogP contribution in [-0.2, 0) is 26.0 Å². The Bertz CT molecular complexity index is 1210. The van der Waals surface area contributed by atoms with Crippen LogP contribution in [0.4, 0.5) is 0 Å². The first-order chi connectivity index (χ1) is 14.4. The van der Waals surface area contributed by atoms with Gasteiger partial charge in [-0.25, -0.2) is 12.4 Å². The zero-order valence-electron chi connectivity index (χ0n) is 16.8. The number of hydrogen-bond donors (Lipinski definition) is 0. The van der Waals surface area contributed by atoms with Gasteiger partial charge in [-0.3, -0.25) is 4.79 Å². The highest BCUT2D eigenvalue weighted by molar-refractivity contribution is 7.90. The first kappa shape index (κ1) is 19.3. The van der Waals surface area contributed by atoms with Gasteiger partial charge in [-0.1, -0.05) is 35.9 Å². The third kappa shape index (κ3) is 3.13. The minimum atomic E-state index is -3.72. The zero-order chi connectivity index (χ0) is 20.9. The standard InChI is InChI=1S/C23H24N2O4S/c1-16-9-11-19(12-10-16)30(27,28)24-14-17(20-5-2-3-6-21(20)24)13-18-15-29-23-8-4-7-22(26)25(18)23/h2-3,5-6,9-12,14,18,23H,4,7-8,13,15H2,1H3/t18-,23-/m0/s1. The van der Waals surface area contributed by atoms with E-state index in [4.69, 9.17) is 4.74 Å². The predicted octanol–water partition coefficient (Wildman–Crippen LogP) is 3.47. The second kappa shape index (κ2) is 7.25. The number of ether oxygens (including phenoxy) is 1. The second-order valence-corrected chi connectivity index (χ2v) is 9.94. The Kier molecular flexibility index (Phi) is 4.67. The molecule has 2 atom stereocenters. The molecule has 156 valence electrons. The van der Waals surface area contributed by atoms with Gasteiger partial charge in [0.1, 0.15) is 6.23 Å². The topological polar surface area (TPSA) is 68.6 Å². The number of hydrogen-bond acceptors (Lipinski definition) is 4. The van der Waals surface area contributed by atoms with Crippen LogP contribution in [0, 0.1) is 6.92 Å². The van der Waals surface area contributed by atoms with Gasteiger partial charge in [-0.15, -0.1) is 0 Å². The van der Waals surface area contributed by atoms with Crippen LogP contribution in [0.5, 0.6) is 0 Å². The summed E-state index contributed by atoms with van der Waals surface area (Å²) < 4.78 is 34.0. The number of piperidine rings is 1. The van der Waals surface area contributed by atoms with E-state index in [1.165, 1.54) is 3.97 Å². The summed E-state index contributed by atoms with van der Waals surface area (Å²) in [5, 5.41) is 0.890. The van der Waals surface area contributed by atoms with Crippen molar-refractivity contribution in [3.63, 3.8) is 0 Å². The first-order valence-corrected chi connectivity index (χ1v) is 11.7. The number of carbonyl (C=O) groups is 1. The molecule has 2 aliphatic rings. The molecular weight excluding hydrogens is 400 g/mol. The van der Waals surface area contributed by atoms with E-state index < -0.39 is 10.0 Å². The van der Waals surface area contributed by atoms with Crippen molar-refractivity contribution < 1.29 is 17.9 Å². The minimum Gasteiger partial charge on any atom is -0.356 e. The summed E-state index contributed by atoms with van der Waals surface area (Å²) in [6.07, 6.45) is 4.42. The number of amides is 1. The van der Waals surface area contributed by atoms with E-state index in [2.05, 4.69) is 0 Å². The van der Waals surface area contributed by atoms with Gasteiger partial charge in [-0.2, -0.15) is 0 Å². The van der Waals surface area contributed by atoms with Gasteiger partial charge in [-0.05, 0) is 49.9 Å². The second-order valence-electron chi connectivity index (χ2n) is 8.12. The molecule has 6 nitrogen and oxygen atoms in total. The van der Waals surface area contributed by atoms with Gasteiger partial charge in [0.15, 0.2) is 0 Å². The Balaban J connectivity index is 1.55. The molecule has 0 N–H and O–H groups in total. The average molecular weight is 425 g/mol. The van der Waals surface area contributed by atoms with Crippen LogP contribution in [0.2, 0.25) is 0 Å². The van der Waals surface area contributed by atoms with Gasteiger partial charge in [0.2, 0.25) is 5.91 Å². The number of benzene rings is 2. The van der Waals surface area contributed by atoms with Crippen molar-refractivity contribution >= 4 is 26.8 Å². The fourth-order valence-electron chi connectivity index (χ4n) is 4.58. The molecule has 0 saturated carbocycles. The number of aromatic nitrogens is 1. The molecular formula is C23H24N2O4S. The zero-order valence-corrected chi connectivity index (χ0v) is 17.6. The average Bonchev–Trinajstić information content (AvgIpc) is 3.32. The lowest BCUT2D eigenvalue weighted by Gasteiger charge is -2.31. The lowest BCUT2D eigenvalue weighted by atomic mass is 10.0. The Labute approximate surface area is 176 Å². The van der Waals surface area contributed by atoms with Gasteiger partial charge in [0.05, 0.1) is 23.1 Å². The highest BCUT2D eigenvalue weighted by Gasteiger charge is 2.40. The number of fused-ring (bicyclic) bond motifs is 2. The maximum absolute atomic E-state index is 13.4. The summed E-state index contributed by atoms with van der Waals surface area (Å²) in [6.45, 7) is 2.42. The van der Waals surface area contributed by atoms with E-state index in [0.717, 1.165) is 29.4 Å². The normalized spacial score (nSPS) is 21.9. The van der Waals surface area contributed by atoms with E-state index in [9.17, 15) is 13.2 Å². The summed E-state index contributed by atoms with van der Waals surface area (Å²) in [7, 11) is -3.72. The number of para-hydroxylation sites is 1. The summed E-state index contributed by atoms with van der Waals surface area (Å²) >= 11 is 0. The van der Waals surface area contributed by atoms with Crippen molar-refractivity contribution in [1.29, 1.82) is 0 Å². The maximum atomic E-state index is 13.4. The third-order valence-corrected chi connectivity index (χ3v) is 7.80. The molecule has 30 heavy (non-hydrogen) atoms. The first-order valence-electron chi connectivity index (χ1n) is 10.3. The van der Waals surface area contributed by atoms with Crippen molar-refractivity contribution in [1.82, 2.24) is 8.87 Å². The Morgan fingerprint density at radius 3 is 2.67 bits per heavy atom. The van der Waals surface area contributed by atoms with Crippen LogP contribution >= 0.6 is 0 Å². The smallest absolute Gasteiger partial charge is 0.268 e. The number of aryl methyl sites for hydroxylation is 1. The predicted molar refractivity (Wildman–Crippen MR) is 114 cm³/mol. The molecule has 2 aliphatic heterocycles. The molecule has 0 radical (unpaired) electrons. The third-order valence-electron chi connectivity index (χ3n) is 6.11. The summed E-state index contributed by atoms with van der Waals surface area (Å²) in [5.74, 6) is 0.129. The van der Waals surface area contributed by atoms with Crippen molar-refractivity contribution in [3.8, 4) is 0 Å². The molecule has 2 fully saturated rings. The largest absolute Gasteiger partial charge is 0.356 e. The molecule has 0 aliphatic carbocycles. The van der Waals surface area contributed by atoms with Gasteiger partial charge in [0.25, 0.3) is 10.0 Å². The molecule has 2 saturated heterocycles. The summed E-state index contributed by atoms with van der Waals surface area (Å²) in [5.41, 5.74) is 2.57. The number of rotatable bonds is 4. The minimum absolute atomic E-state index is 0.0656. The lowest BCUT2D eigenvalue weighted by Crippen LogP contribution is -2.45. The Hall–Kier alpha value is -2.64. The molecule has 0 unspecified atom stereocenters. The molecule has 1 amide bonds. The van der Waals surface area contributed by atoms with Crippen molar-refractivity contribution in [2.45, 2.75) is 49.8 Å². The lowest BCUT2D eigenvalue weighted by molar-refractivity contribution is -0.142. The number of nitrogens with zero attached hydrogens (tertiary/aromatic N) is 2. The van der Waals surface area contributed by atoms with Gasteiger partial charge >= 0.3 is 0 Å². The molecule has 3 aromatic rings. The van der Waals surface area contributed by atoms with Crippen LogP contribution in [0.3, 0.4) is 0 Å². The molecule has 7 heteroatoms. The Morgan fingerprint density at radius 2 is 1.87 bits per heavy atom. The summed E-state index contributed by atoms with van der Waals surface area (Å²) in [6, 6.07) is 14.3. The van der Waals surface area contributed by atoms with E-state index >= 15 is 0 Å². The molecule has 2 aromatic carbocycles. The van der Waals surface area contributed by atoms with Crippen LogP contribution in [-0.4, -0.2) is 42.1 Å². The van der Waals surface area contributed by atoms with Gasteiger partial charge in [0, 0.05) is 18.0 Å². The SMILES string of the molecule is Cc1ccc(S(=O)(=O)n2cc(C[C@H]3CO[C@H]4CCCC(=O)N34)c3ccccc32)cc1. The van der Waals surface area contributed by atoms with Gasteiger partial charge < -0.3 is 9.64 Å². The fraction of sp³-hybridized carbons (Fsp3) is 0.348. The van der Waals surface area contributed by atoms with Crippen LogP contribution in [0.25, 0.3) is 10.9 Å². The van der Waals surface area contributed by atoms with E-state index in [1.54, 1.807) is 30.5 Å². The highest BCUT2D eigenvalue weighted by Crippen LogP contribution is 2.32. The Morgan fingerprint density at radius 1 is 1.10 bits per heavy atom. The summed E-state index contributed by atoms with van der Waals surface area (Å²) in [4.78, 5) is 14.6. The molecule has 5 rings (SSSR count). The molecule has 3 heterocycles. The molecule has 1 aromatic heterocycles. The molecule has 0 spiro atoms. The monoisotopic (exact) mass is 424 g/mol. The van der Waals surface area contributed by atoms with E-state index in [0.29, 0.717) is 25.0 Å². The van der Waals surface area contributed by atoms with Crippen LogP contribution in [0.1, 0.15) is 30.4 Å². The molecule has 0 bridgehead atoms. The van der Waals surface area contributed by atoms with E-state index in [1.807, 2.05) is 36.1 Å². The van der Waals surface area contributed by atoms with Crippen molar-refractivity contribution in [3.05, 3.63) is 65.9 Å². The van der Waals surface area contributed by atoms with Crippen LogP contribution < -0.4 is 0 Å². The quantitative estimate of drug-likeness (QED) is 0.643. The van der Waals surface area contributed by atoms with Crippen LogP contribution in [0.15, 0.2) is 59.6 Å².